The van der Waals surface area contributed by atoms with Crippen LogP contribution in [0.4, 0.5) is 15.3 Å². The van der Waals surface area contributed by atoms with Crippen molar-refractivity contribution >= 4 is 44.2 Å². The Morgan fingerprint density at radius 2 is 1.55 bits per heavy atom. The van der Waals surface area contributed by atoms with E-state index in [1.165, 1.54) is 0 Å². The number of amides is 4. The molecule has 0 bridgehead atoms. The normalized spacial score (nSPS) is 10.6. The molecule has 0 saturated carbocycles. The molecule has 0 aromatic heterocycles. The van der Waals surface area contributed by atoms with Gasteiger partial charge in [-0.1, -0.05) is 6.92 Å². The number of nitrogens with one attached hydrogen (secondary N) is 4. The molecule has 1 aromatic rings. The van der Waals surface area contributed by atoms with Gasteiger partial charge in [-0.2, -0.15) is 0 Å². The predicted molar refractivity (Wildman–Crippen MR) is 117 cm³/mol. The van der Waals surface area contributed by atoms with E-state index in [-0.39, 0.29) is 18.9 Å². The summed E-state index contributed by atoms with van der Waals surface area (Å²) in [7, 11) is 1.66. The van der Waals surface area contributed by atoms with Gasteiger partial charge < -0.3 is 26.0 Å². The summed E-state index contributed by atoms with van der Waals surface area (Å²) >= 11 is 1.58. The number of rotatable bonds is 12. The number of carbonyl (C=O) groups is 5. The molecule has 1 rings (SSSR count). The number of hydrogen-bond donors (Lipinski definition) is 7. The third-order valence-electron chi connectivity index (χ3n) is 3.71. The van der Waals surface area contributed by atoms with Crippen LogP contribution in [0, 0.1) is 23.3 Å². The number of carbonyl (C=O) groups excluding carboxylic acids is 2. The average molecular weight is 682 g/mol. The van der Waals surface area contributed by atoms with Crippen molar-refractivity contribution in [1.82, 2.24) is 16.0 Å². The molecule has 7 N–H and O–H groups in total. The van der Waals surface area contributed by atoms with Crippen LogP contribution in [0.1, 0.15) is 32.6 Å². The van der Waals surface area contributed by atoms with E-state index in [4.69, 9.17) is 15.3 Å². The smallest absolute Gasteiger partial charge is 0.326 e. The van der Waals surface area contributed by atoms with Gasteiger partial charge in [0.2, 0.25) is 0 Å². The number of urea groups is 2. The van der Waals surface area contributed by atoms with E-state index in [2.05, 4.69) is 16.0 Å². The molecule has 33 heavy (non-hydrogen) atoms. The van der Waals surface area contributed by atoms with E-state index in [0.717, 1.165) is 4.90 Å². The van der Waals surface area contributed by atoms with Gasteiger partial charge in [0.25, 0.3) is 0 Å². The summed E-state index contributed by atoms with van der Waals surface area (Å²) in [6.07, 6.45) is 1.33. The molecule has 0 aliphatic carbocycles. The number of carboxylic acid groups (broad SMARTS) is 3. The minimum Gasteiger partial charge on any atom is -0.480 e. The summed E-state index contributed by atoms with van der Waals surface area (Å²) in [5.41, 5.74) is 0.671. The van der Waals surface area contributed by atoms with Crippen LogP contribution < -0.4 is 21.3 Å². The van der Waals surface area contributed by atoms with Crippen LogP contribution in [0.2, 0.25) is 0 Å². The summed E-state index contributed by atoms with van der Waals surface area (Å²) in [4.78, 5) is 55.3. The van der Waals surface area contributed by atoms with Gasteiger partial charge in [-0.15, -0.1) is 0 Å². The quantitative estimate of drug-likeness (QED) is 0.161. The molecule has 12 nitrogen and oxygen atoms in total. The van der Waals surface area contributed by atoms with Crippen LogP contribution >= 0.6 is 8.52 Å². The first-order valence-electron chi connectivity index (χ1n) is 9.73. The summed E-state index contributed by atoms with van der Waals surface area (Å²) in [5.74, 6) is -3.19. The number of unbranched alkanes of at least 4 members (excludes halogenated alkanes) is 1. The predicted octanol–water partition coefficient (Wildman–Crippen LogP) is 1.85. The van der Waals surface area contributed by atoms with Crippen LogP contribution in [-0.2, 0) is 14.4 Å². The number of aliphatic carboxylic acids is 3. The van der Waals surface area contributed by atoms with Gasteiger partial charge in [-0.3, -0.25) is 9.59 Å². The number of benzene rings is 1. The monoisotopic (exact) mass is 681 g/mol. The minimum absolute atomic E-state index is 0.149. The maximum absolute atomic E-state index is 11.8. The second-order valence-electron chi connectivity index (χ2n) is 6.34. The fraction of sp³-hybridized carbons (Fsp3) is 0.421. The first-order chi connectivity index (χ1) is 15.6. The standard InChI is InChI=1S/C16H21AtN4O6S.C3H6O2/c17-28-11-6-4-10(5-7-11)20-15(26)18-8-2-1-3-12(14(24)25)21-16(27)19-9-13(22)23;1-2-3(4)5/h4-7,12H,1-3,8-9H2,(H,22,23)(H,24,25)(H2,18,20,26)(H2,19,21,27);2H2,1H3,(H,4,5). The Hall–Kier alpha value is -2.60. The van der Waals surface area contributed by atoms with Crippen LogP contribution in [-0.4, -0.2) is 64.4 Å². The number of hydrogen-bond acceptors (Lipinski definition) is 6. The fourth-order valence-corrected chi connectivity index (χ4v) is 3.50. The maximum Gasteiger partial charge on any atom is 0.326 e. The van der Waals surface area contributed by atoms with Crippen molar-refractivity contribution in [3.63, 3.8) is 0 Å². The first-order valence-corrected chi connectivity index (χ1v) is 14.0. The van der Waals surface area contributed by atoms with E-state index in [0.29, 0.717) is 25.1 Å². The SMILES string of the molecule is CCC(=O)O.O=C(O)CNC(=O)NC(CCCCNC(=O)Nc1ccc(S[At])cc1)C(=O)O. The topological polar surface area (TPSA) is 194 Å². The van der Waals surface area contributed by atoms with Gasteiger partial charge in [0, 0.05) is 6.42 Å². The summed E-state index contributed by atoms with van der Waals surface area (Å²) in [5, 5.41) is 34.9. The molecule has 0 radical (unpaired) electrons. The molecule has 184 valence electrons. The van der Waals surface area contributed by atoms with Gasteiger partial charge in [0.15, 0.2) is 0 Å². The Morgan fingerprint density at radius 1 is 0.939 bits per heavy atom. The Bertz CT molecular complexity index is 795. The molecule has 4 amide bonds. The molecule has 14 heteroatoms. The molecule has 0 heterocycles. The first kappa shape index (κ1) is 30.4. The van der Waals surface area contributed by atoms with Crippen molar-refractivity contribution in [1.29, 1.82) is 0 Å². The molecule has 0 fully saturated rings. The number of carboxylic acids is 3. The van der Waals surface area contributed by atoms with Crippen molar-refractivity contribution in [2.45, 2.75) is 43.5 Å². The molecule has 1 aromatic carbocycles. The summed E-state index contributed by atoms with van der Waals surface area (Å²) < 4.78 is 0. The minimum atomic E-state index is -1.23. The van der Waals surface area contributed by atoms with Crippen LogP contribution in [0.5, 0.6) is 0 Å². The van der Waals surface area contributed by atoms with Crippen molar-refractivity contribution in [3.05, 3.63) is 24.3 Å². The van der Waals surface area contributed by atoms with Crippen molar-refractivity contribution < 1.29 is 62.5 Å². The van der Waals surface area contributed by atoms with Crippen molar-refractivity contribution in [2.75, 3.05) is 18.4 Å². The Kier molecular flexibility index (Phi) is 16.5. The van der Waals surface area contributed by atoms with Gasteiger partial charge in [-0.05, 0) is 0 Å². The van der Waals surface area contributed by atoms with E-state index in [1.54, 1.807) is 50.8 Å². The number of anilines is 1. The fourth-order valence-electron chi connectivity index (χ4n) is 2.06. The van der Waals surface area contributed by atoms with Gasteiger partial charge >= 0.3 is 138 Å². The zero-order valence-corrected chi connectivity index (χ0v) is 21.6. The molecular formula is C19H27AtN4O8S. The third-order valence-corrected chi connectivity index (χ3v) is 6.24. The van der Waals surface area contributed by atoms with Crippen LogP contribution in [0.25, 0.3) is 0 Å². The molecule has 0 aliphatic rings. The zero-order valence-electron chi connectivity index (χ0n) is 17.8. The molecule has 1 atom stereocenters. The summed E-state index contributed by atoms with van der Waals surface area (Å²) in [6.45, 7) is 1.34. The maximum atomic E-state index is 11.8. The molecule has 0 saturated heterocycles. The second-order valence-corrected chi connectivity index (χ2v) is 8.76. The van der Waals surface area contributed by atoms with E-state index >= 15 is 0 Å². The molecule has 0 spiro atoms. The Labute approximate surface area is 208 Å². The van der Waals surface area contributed by atoms with E-state index < -0.39 is 36.5 Å². The van der Waals surface area contributed by atoms with Crippen LogP contribution in [0.15, 0.2) is 29.2 Å². The van der Waals surface area contributed by atoms with Gasteiger partial charge in [0.1, 0.15) is 12.6 Å². The second kappa shape index (κ2) is 17.9. The van der Waals surface area contributed by atoms with Gasteiger partial charge in [0.05, 0.1) is 0 Å². The van der Waals surface area contributed by atoms with Gasteiger partial charge in [-0.25, -0.2) is 9.59 Å². The zero-order chi connectivity index (χ0) is 25.2. The van der Waals surface area contributed by atoms with E-state index in [1.807, 2.05) is 17.4 Å². The van der Waals surface area contributed by atoms with Crippen molar-refractivity contribution in [2.24, 2.45) is 0 Å². The summed E-state index contributed by atoms with van der Waals surface area (Å²) in [6, 6.07) is 5.07. The third kappa shape index (κ3) is 16.7. The Morgan fingerprint density at radius 3 is 2.03 bits per heavy atom. The van der Waals surface area contributed by atoms with E-state index in [9.17, 15) is 24.0 Å². The molecule has 0 aliphatic heterocycles. The Balaban J connectivity index is 0.00000184. The average Bonchev–Trinajstić information content (AvgIpc) is 2.77. The molecular weight excluding hydrogens is 654 g/mol. The molecule has 1 unspecified atom stereocenters. The van der Waals surface area contributed by atoms with Crippen molar-refractivity contribution in [3.8, 4) is 0 Å². The largest absolute Gasteiger partial charge is 0.480 e. The van der Waals surface area contributed by atoms with Crippen LogP contribution in [0.3, 0.4) is 0 Å².